The summed E-state index contributed by atoms with van der Waals surface area (Å²) in [6, 6.07) is 13.3. The van der Waals surface area contributed by atoms with Crippen LogP contribution in [0.15, 0.2) is 67.3 Å². The zero-order valence-corrected chi connectivity index (χ0v) is 21.1. The summed E-state index contributed by atoms with van der Waals surface area (Å²) in [5.74, 6) is 0.399. The van der Waals surface area contributed by atoms with E-state index in [0.717, 1.165) is 28.0 Å². The number of fused-ring (bicyclic) bond motifs is 1. The molecule has 3 aromatic heterocycles. The molecule has 0 spiro atoms. The van der Waals surface area contributed by atoms with Gasteiger partial charge in [0.05, 0.1) is 37.0 Å². The minimum Gasteiger partial charge on any atom is -0.392 e. The first-order valence-corrected chi connectivity index (χ1v) is 12.6. The van der Waals surface area contributed by atoms with Crippen molar-refractivity contribution in [3.63, 3.8) is 0 Å². The van der Waals surface area contributed by atoms with Crippen molar-refractivity contribution in [2.45, 2.75) is 19.4 Å². The molecule has 1 saturated heterocycles. The molecule has 10 nitrogen and oxygen atoms in total. The van der Waals surface area contributed by atoms with Crippen molar-refractivity contribution < 1.29 is 19.4 Å². The first kappa shape index (κ1) is 25.4. The van der Waals surface area contributed by atoms with Gasteiger partial charge in [0, 0.05) is 50.0 Å². The summed E-state index contributed by atoms with van der Waals surface area (Å²) >= 11 is 0. The molecule has 3 N–H and O–H groups in total. The van der Waals surface area contributed by atoms with E-state index in [1.807, 2.05) is 47.1 Å². The van der Waals surface area contributed by atoms with Gasteiger partial charge in [-0.25, -0.2) is 9.97 Å². The smallest absolute Gasteiger partial charge is 0.255 e. The van der Waals surface area contributed by atoms with E-state index in [4.69, 9.17) is 4.74 Å². The van der Waals surface area contributed by atoms with E-state index >= 15 is 0 Å². The maximum absolute atomic E-state index is 12.7. The predicted molar refractivity (Wildman–Crippen MR) is 143 cm³/mol. The van der Waals surface area contributed by atoms with Crippen molar-refractivity contribution >= 4 is 29.0 Å². The van der Waals surface area contributed by atoms with Gasteiger partial charge in [-0.3, -0.25) is 9.59 Å². The van der Waals surface area contributed by atoms with Gasteiger partial charge in [0.1, 0.15) is 5.82 Å². The lowest BCUT2D eigenvalue weighted by molar-refractivity contribution is -0.120. The van der Waals surface area contributed by atoms with Crippen LogP contribution in [0, 0.1) is 0 Å². The maximum atomic E-state index is 12.7. The Morgan fingerprint density at radius 3 is 2.71 bits per heavy atom. The van der Waals surface area contributed by atoms with Crippen molar-refractivity contribution in [1.29, 1.82) is 0 Å². The van der Waals surface area contributed by atoms with E-state index < -0.39 is 6.10 Å². The van der Waals surface area contributed by atoms with Crippen molar-refractivity contribution in [1.82, 2.24) is 24.6 Å². The van der Waals surface area contributed by atoms with E-state index in [1.54, 1.807) is 36.4 Å². The summed E-state index contributed by atoms with van der Waals surface area (Å²) in [6.07, 6.45) is 6.79. The molecule has 0 saturated carbocycles. The van der Waals surface area contributed by atoms with Crippen LogP contribution in [0.1, 0.15) is 22.8 Å². The van der Waals surface area contributed by atoms with Crippen LogP contribution in [-0.4, -0.2) is 75.1 Å². The highest BCUT2D eigenvalue weighted by atomic mass is 16.5. The number of benzene rings is 1. The highest BCUT2D eigenvalue weighted by Crippen LogP contribution is 2.28. The van der Waals surface area contributed by atoms with Gasteiger partial charge in [0.15, 0.2) is 5.65 Å². The zero-order valence-electron chi connectivity index (χ0n) is 21.1. The van der Waals surface area contributed by atoms with Crippen LogP contribution in [0.5, 0.6) is 0 Å². The average molecular weight is 515 g/mol. The maximum Gasteiger partial charge on any atom is 0.255 e. The number of aliphatic hydroxyl groups is 1. The molecule has 2 amide bonds. The summed E-state index contributed by atoms with van der Waals surface area (Å²) < 4.78 is 7.26. The molecule has 196 valence electrons. The lowest BCUT2D eigenvalue weighted by atomic mass is 10.0. The lowest BCUT2D eigenvalue weighted by Gasteiger charge is -2.26. The molecular formula is C28H30N6O4. The van der Waals surface area contributed by atoms with E-state index in [9.17, 15) is 14.7 Å². The fraction of sp³-hybridized carbons (Fsp3) is 0.286. The number of hydrogen-bond acceptors (Lipinski definition) is 7. The molecule has 1 aliphatic heterocycles. The Balaban J connectivity index is 1.35. The minimum atomic E-state index is -0.589. The topological polar surface area (TPSA) is 121 Å². The summed E-state index contributed by atoms with van der Waals surface area (Å²) in [7, 11) is 0. The highest BCUT2D eigenvalue weighted by molar-refractivity contribution is 5.94. The molecule has 0 aliphatic carbocycles. The number of morpholine rings is 1. The average Bonchev–Trinajstić information content (AvgIpc) is 3.42. The SMILES string of the molecule is C[C@H](O)CNC(=O)Cc1cccc(-c2cc(Nc3ccc(C(=O)N4CCOCC4)cn3)c3nccn3c2)c1. The number of carbonyl (C=O) groups is 2. The van der Waals surface area contributed by atoms with Gasteiger partial charge in [0.25, 0.3) is 5.91 Å². The van der Waals surface area contributed by atoms with Crippen LogP contribution < -0.4 is 10.6 Å². The van der Waals surface area contributed by atoms with Crippen LogP contribution in [-0.2, 0) is 16.0 Å². The monoisotopic (exact) mass is 514 g/mol. The molecule has 0 unspecified atom stereocenters. The molecule has 0 bridgehead atoms. The lowest BCUT2D eigenvalue weighted by Crippen LogP contribution is -2.40. The van der Waals surface area contributed by atoms with Crippen LogP contribution in [0.3, 0.4) is 0 Å². The van der Waals surface area contributed by atoms with E-state index in [1.165, 1.54) is 0 Å². The molecule has 4 heterocycles. The molecule has 1 aliphatic rings. The summed E-state index contributed by atoms with van der Waals surface area (Å²) in [4.78, 5) is 35.7. The van der Waals surface area contributed by atoms with Crippen LogP contribution in [0.25, 0.3) is 16.8 Å². The van der Waals surface area contributed by atoms with Gasteiger partial charge in [0.2, 0.25) is 5.91 Å². The predicted octanol–water partition coefficient (Wildman–Crippen LogP) is 2.65. The van der Waals surface area contributed by atoms with E-state index in [0.29, 0.717) is 37.7 Å². The van der Waals surface area contributed by atoms with Crippen LogP contribution in [0.2, 0.25) is 0 Å². The number of hydrogen-bond donors (Lipinski definition) is 3. The fourth-order valence-corrected chi connectivity index (χ4v) is 4.33. The van der Waals surface area contributed by atoms with Gasteiger partial charge in [-0.05, 0) is 36.2 Å². The number of anilines is 2. The summed E-state index contributed by atoms with van der Waals surface area (Å²) in [5.41, 5.74) is 4.77. The van der Waals surface area contributed by atoms with E-state index in [-0.39, 0.29) is 24.8 Å². The largest absolute Gasteiger partial charge is 0.392 e. The Morgan fingerprint density at radius 1 is 1.11 bits per heavy atom. The summed E-state index contributed by atoms with van der Waals surface area (Å²) in [5, 5.41) is 15.5. The van der Waals surface area contributed by atoms with Gasteiger partial charge >= 0.3 is 0 Å². The number of nitrogens with one attached hydrogen (secondary N) is 2. The van der Waals surface area contributed by atoms with E-state index in [2.05, 4.69) is 20.6 Å². The van der Waals surface area contributed by atoms with Crippen molar-refractivity contribution in [2.75, 3.05) is 38.2 Å². The van der Waals surface area contributed by atoms with Gasteiger partial charge in [-0.15, -0.1) is 0 Å². The Hall–Kier alpha value is -4.28. The van der Waals surface area contributed by atoms with Crippen molar-refractivity contribution in [3.05, 3.63) is 78.4 Å². The standard InChI is InChI=1S/C28H30N6O4/c1-19(35)16-31-26(36)14-20-3-2-4-21(13-20)23-15-24(27-29-7-8-34(27)18-23)32-25-6-5-22(17-30-25)28(37)33-9-11-38-12-10-33/h2-8,13,15,17-19,35H,9-12,14,16H2,1H3,(H,30,32)(H,31,36)/t19-/m0/s1. The first-order valence-electron chi connectivity index (χ1n) is 12.6. The molecule has 0 radical (unpaired) electrons. The molecule has 5 rings (SSSR count). The number of pyridine rings is 2. The molecule has 10 heteroatoms. The second kappa shape index (κ2) is 11.4. The summed E-state index contributed by atoms with van der Waals surface area (Å²) in [6.45, 7) is 4.12. The van der Waals surface area contributed by atoms with Crippen LogP contribution >= 0.6 is 0 Å². The van der Waals surface area contributed by atoms with Gasteiger partial charge < -0.3 is 29.8 Å². The Labute approximate surface area is 220 Å². The normalized spacial score (nSPS) is 14.3. The number of ether oxygens (including phenoxy) is 1. The Bertz CT molecular complexity index is 1430. The van der Waals surface area contributed by atoms with Crippen molar-refractivity contribution in [3.8, 4) is 11.1 Å². The zero-order chi connectivity index (χ0) is 26.5. The van der Waals surface area contributed by atoms with Gasteiger partial charge in [-0.1, -0.05) is 24.3 Å². The first-order chi connectivity index (χ1) is 18.5. The van der Waals surface area contributed by atoms with Gasteiger partial charge in [-0.2, -0.15) is 0 Å². The fourth-order valence-electron chi connectivity index (χ4n) is 4.33. The number of rotatable bonds is 8. The number of aliphatic hydroxyl groups excluding tert-OH is 1. The number of amides is 2. The molecular weight excluding hydrogens is 484 g/mol. The molecule has 4 aromatic rings. The minimum absolute atomic E-state index is 0.0515. The number of carbonyl (C=O) groups excluding carboxylic acids is 2. The number of aromatic nitrogens is 3. The Kier molecular flexibility index (Phi) is 7.62. The Morgan fingerprint density at radius 2 is 1.95 bits per heavy atom. The second-order valence-electron chi connectivity index (χ2n) is 9.29. The third-order valence-corrected chi connectivity index (χ3v) is 6.28. The third kappa shape index (κ3) is 5.99. The molecule has 1 aromatic carbocycles. The van der Waals surface area contributed by atoms with Crippen molar-refractivity contribution in [2.24, 2.45) is 0 Å². The van der Waals surface area contributed by atoms with Crippen LogP contribution in [0.4, 0.5) is 11.5 Å². The number of nitrogens with zero attached hydrogens (tertiary/aromatic N) is 4. The molecule has 1 atom stereocenters. The highest BCUT2D eigenvalue weighted by Gasteiger charge is 2.19. The second-order valence-corrected chi connectivity index (χ2v) is 9.29. The molecule has 1 fully saturated rings. The molecule has 38 heavy (non-hydrogen) atoms. The number of imidazole rings is 1. The third-order valence-electron chi connectivity index (χ3n) is 6.28. The quantitative estimate of drug-likeness (QED) is 0.331.